The van der Waals surface area contributed by atoms with Crippen LogP contribution < -0.4 is 10.6 Å². The molecule has 0 saturated heterocycles. The Kier molecular flexibility index (Phi) is 5.07. The molecule has 4 heteroatoms. The summed E-state index contributed by atoms with van der Waals surface area (Å²) in [5.41, 5.74) is 0.333. The lowest BCUT2D eigenvalue weighted by atomic mass is 9.73. The van der Waals surface area contributed by atoms with Gasteiger partial charge in [0.05, 0.1) is 0 Å². The van der Waals surface area contributed by atoms with Crippen LogP contribution in [-0.2, 0) is 0 Å². The molecule has 21 heavy (non-hydrogen) atoms. The Bertz CT molecular complexity index is 468. The summed E-state index contributed by atoms with van der Waals surface area (Å²) in [7, 11) is 0. The van der Waals surface area contributed by atoms with E-state index in [-0.39, 0.29) is 0 Å². The van der Waals surface area contributed by atoms with Crippen molar-refractivity contribution in [2.75, 3.05) is 17.2 Å². The molecule has 1 fully saturated rings. The maximum absolute atomic E-state index is 4.71. The molecule has 1 aliphatic rings. The second-order valence-corrected chi connectivity index (χ2v) is 7.11. The first-order valence-corrected chi connectivity index (χ1v) is 8.31. The Morgan fingerprint density at radius 3 is 2.57 bits per heavy atom. The zero-order valence-electron chi connectivity index (χ0n) is 14.2. The van der Waals surface area contributed by atoms with Gasteiger partial charge in [-0.1, -0.05) is 40.5 Å². The van der Waals surface area contributed by atoms with E-state index in [0.717, 1.165) is 24.0 Å². The fourth-order valence-electron chi connectivity index (χ4n) is 3.01. The molecule has 1 aromatic heterocycles. The third-order valence-electron chi connectivity index (χ3n) is 4.45. The van der Waals surface area contributed by atoms with E-state index < -0.39 is 0 Å². The van der Waals surface area contributed by atoms with Crippen LogP contribution in [0.3, 0.4) is 0 Å². The molecule has 1 unspecified atom stereocenters. The number of nitrogens with zero attached hydrogens (tertiary/aromatic N) is 2. The summed E-state index contributed by atoms with van der Waals surface area (Å²) in [6.45, 7) is 12.0. The van der Waals surface area contributed by atoms with E-state index in [4.69, 9.17) is 4.98 Å². The molecule has 2 N–H and O–H groups in total. The molecule has 1 saturated carbocycles. The lowest BCUT2D eigenvalue weighted by molar-refractivity contribution is 0.216. The Balaban J connectivity index is 2.21. The standard InChI is InChI=1S/C17H30N4/c1-6-18-14-11-15(21-16(20-14)12(2)3)19-13-9-7-8-10-17(13,4)5/h11-13H,6-10H2,1-5H3,(H2,18,19,20,21). The Morgan fingerprint density at radius 1 is 1.24 bits per heavy atom. The summed E-state index contributed by atoms with van der Waals surface area (Å²) in [6, 6.07) is 2.54. The molecule has 2 rings (SSSR count). The fraction of sp³-hybridized carbons (Fsp3) is 0.765. The van der Waals surface area contributed by atoms with Gasteiger partial charge in [0.25, 0.3) is 0 Å². The van der Waals surface area contributed by atoms with Crippen LogP contribution in [0.4, 0.5) is 11.6 Å². The molecule has 4 nitrogen and oxygen atoms in total. The largest absolute Gasteiger partial charge is 0.370 e. The molecule has 118 valence electrons. The first kappa shape index (κ1) is 16.1. The van der Waals surface area contributed by atoms with Crippen LogP contribution in [0.15, 0.2) is 6.07 Å². The average Bonchev–Trinajstić information content (AvgIpc) is 2.41. The van der Waals surface area contributed by atoms with Crippen LogP contribution in [0.25, 0.3) is 0 Å². The highest BCUT2D eigenvalue weighted by Crippen LogP contribution is 2.37. The molecule has 0 spiro atoms. The summed E-state index contributed by atoms with van der Waals surface area (Å²) in [4.78, 5) is 9.30. The summed E-state index contributed by atoms with van der Waals surface area (Å²) in [5.74, 6) is 3.13. The second kappa shape index (κ2) is 6.63. The van der Waals surface area contributed by atoms with E-state index >= 15 is 0 Å². The van der Waals surface area contributed by atoms with Gasteiger partial charge in [0.15, 0.2) is 0 Å². The van der Waals surface area contributed by atoms with Gasteiger partial charge in [0.1, 0.15) is 17.5 Å². The summed E-state index contributed by atoms with van der Waals surface area (Å²) >= 11 is 0. The molecule has 1 aromatic rings. The number of aromatic nitrogens is 2. The van der Waals surface area contributed by atoms with E-state index in [0.29, 0.717) is 17.4 Å². The van der Waals surface area contributed by atoms with Gasteiger partial charge in [-0.3, -0.25) is 0 Å². The van der Waals surface area contributed by atoms with Gasteiger partial charge >= 0.3 is 0 Å². The second-order valence-electron chi connectivity index (χ2n) is 7.11. The molecule has 0 aromatic carbocycles. The number of rotatable bonds is 5. The molecule has 0 aliphatic heterocycles. The highest BCUT2D eigenvalue weighted by Gasteiger charge is 2.32. The van der Waals surface area contributed by atoms with E-state index in [1.165, 1.54) is 25.7 Å². The fourth-order valence-corrected chi connectivity index (χ4v) is 3.01. The Morgan fingerprint density at radius 2 is 1.95 bits per heavy atom. The van der Waals surface area contributed by atoms with Crippen molar-refractivity contribution in [1.29, 1.82) is 0 Å². The van der Waals surface area contributed by atoms with Crippen LogP contribution in [0, 0.1) is 5.41 Å². The summed E-state index contributed by atoms with van der Waals surface area (Å²) < 4.78 is 0. The molecular formula is C17H30N4. The molecule has 1 aliphatic carbocycles. The highest BCUT2D eigenvalue weighted by atomic mass is 15.1. The van der Waals surface area contributed by atoms with Crippen molar-refractivity contribution < 1.29 is 0 Å². The van der Waals surface area contributed by atoms with Crippen molar-refractivity contribution in [1.82, 2.24) is 9.97 Å². The average molecular weight is 290 g/mol. The predicted molar refractivity (Wildman–Crippen MR) is 89.9 cm³/mol. The minimum Gasteiger partial charge on any atom is -0.370 e. The van der Waals surface area contributed by atoms with Crippen molar-refractivity contribution in [2.45, 2.75) is 72.3 Å². The third kappa shape index (κ3) is 4.08. The molecule has 1 atom stereocenters. The topological polar surface area (TPSA) is 49.8 Å². The maximum Gasteiger partial charge on any atom is 0.135 e. The minimum atomic E-state index is 0.333. The van der Waals surface area contributed by atoms with Crippen molar-refractivity contribution >= 4 is 11.6 Å². The highest BCUT2D eigenvalue weighted by molar-refractivity contribution is 5.48. The quantitative estimate of drug-likeness (QED) is 0.843. The number of nitrogens with one attached hydrogen (secondary N) is 2. The van der Waals surface area contributed by atoms with E-state index in [9.17, 15) is 0 Å². The molecule has 0 radical (unpaired) electrons. The van der Waals surface area contributed by atoms with Crippen LogP contribution in [-0.4, -0.2) is 22.6 Å². The Hall–Kier alpha value is -1.32. The van der Waals surface area contributed by atoms with E-state index in [2.05, 4.69) is 50.2 Å². The van der Waals surface area contributed by atoms with E-state index in [1.807, 2.05) is 6.07 Å². The summed E-state index contributed by atoms with van der Waals surface area (Å²) in [6.07, 6.45) is 5.16. The first-order chi connectivity index (χ1) is 9.92. The van der Waals surface area contributed by atoms with Gasteiger partial charge in [-0.05, 0) is 25.2 Å². The van der Waals surface area contributed by atoms with E-state index in [1.54, 1.807) is 0 Å². The SMILES string of the molecule is CCNc1cc(NC2CCCCC2(C)C)nc(C(C)C)n1. The first-order valence-electron chi connectivity index (χ1n) is 8.31. The zero-order valence-corrected chi connectivity index (χ0v) is 14.2. The van der Waals surface area contributed by atoms with Crippen molar-refractivity contribution in [3.8, 4) is 0 Å². The maximum atomic E-state index is 4.71. The predicted octanol–water partition coefficient (Wildman–Crippen LogP) is 4.41. The lowest BCUT2D eigenvalue weighted by Gasteiger charge is -2.39. The van der Waals surface area contributed by atoms with Crippen LogP contribution in [0.2, 0.25) is 0 Å². The van der Waals surface area contributed by atoms with Gasteiger partial charge < -0.3 is 10.6 Å². The van der Waals surface area contributed by atoms with Crippen molar-refractivity contribution in [2.24, 2.45) is 5.41 Å². The van der Waals surface area contributed by atoms with Gasteiger partial charge in [-0.2, -0.15) is 0 Å². The van der Waals surface area contributed by atoms with Crippen LogP contribution >= 0.6 is 0 Å². The molecular weight excluding hydrogens is 260 g/mol. The molecule has 0 bridgehead atoms. The minimum absolute atomic E-state index is 0.333. The number of hydrogen-bond donors (Lipinski definition) is 2. The number of anilines is 2. The lowest BCUT2D eigenvalue weighted by Crippen LogP contribution is -2.39. The van der Waals surface area contributed by atoms with Gasteiger partial charge in [-0.15, -0.1) is 0 Å². The van der Waals surface area contributed by atoms with Gasteiger partial charge in [0.2, 0.25) is 0 Å². The van der Waals surface area contributed by atoms with Crippen LogP contribution in [0.1, 0.15) is 72.0 Å². The monoisotopic (exact) mass is 290 g/mol. The zero-order chi connectivity index (χ0) is 15.5. The van der Waals surface area contributed by atoms with Crippen molar-refractivity contribution in [3.05, 3.63) is 11.9 Å². The smallest absolute Gasteiger partial charge is 0.135 e. The summed E-state index contributed by atoms with van der Waals surface area (Å²) in [5, 5.41) is 6.98. The van der Waals surface area contributed by atoms with Crippen molar-refractivity contribution in [3.63, 3.8) is 0 Å². The van der Waals surface area contributed by atoms with Gasteiger partial charge in [-0.25, -0.2) is 9.97 Å². The third-order valence-corrected chi connectivity index (χ3v) is 4.45. The Labute approximate surface area is 129 Å². The normalized spacial score (nSPS) is 21.3. The molecule has 0 amide bonds. The molecule has 1 heterocycles. The van der Waals surface area contributed by atoms with Gasteiger partial charge in [0, 0.05) is 24.6 Å². The van der Waals surface area contributed by atoms with Crippen LogP contribution in [0.5, 0.6) is 0 Å². The number of hydrogen-bond acceptors (Lipinski definition) is 4.